The van der Waals surface area contributed by atoms with Gasteiger partial charge in [0.2, 0.25) is 5.91 Å². The van der Waals surface area contributed by atoms with Crippen molar-refractivity contribution in [3.8, 4) is 0 Å². The smallest absolute Gasteiger partial charge is 0.236 e. The molecule has 0 saturated carbocycles. The van der Waals surface area contributed by atoms with Crippen LogP contribution in [0.15, 0.2) is 0 Å². The first-order valence-electron chi connectivity index (χ1n) is 4.84. The van der Waals surface area contributed by atoms with Gasteiger partial charge in [-0.15, -0.1) is 11.8 Å². The lowest BCUT2D eigenvalue weighted by Gasteiger charge is -2.25. The Balaban J connectivity index is 2.30. The lowest BCUT2D eigenvalue weighted by Crippen LogP contribution is -2.40. The molecule has 1 N–H and O–H groups in total. The van der Waals surface area contributed by atoms with E-state index in [1.807, 2.05) is 30.8 Å². The van der Waals surface area contributed by atoms with Crippen molar-refractivity contribution < 1.29 is 4.79 Å². The molecule has 1 fully saturated rings. The minimum absolute atomic E-state index is 0.190. The number of amides is 1. The van der Waals surface area contributed by atoms with Gasteiger partial charge in [-0.2, -0.15) is 11.8 Å². The summed E-state index contributed by atoms with van der Waals surface area (Å²) in [6.45, 7) is 1.67. The van der Waals surface area contributed by atoms with E-state index in [2.05, 4.69) is 5.32 Å². The molecular formula is C9H18N2OS2. The number of carbonyl (C=O) groups is 1. The van der Waals surface area contributed by atoms with Crippen molar-refractivity contribution in [1.82, 2.24) is 10.2 Å². The van der Waals surface area contributed by atoms with Crippen LogP contribution in [0.2, 0.25) is 0 Å². The first-order chi connectivity index (χ1) is 6.75. The fourth-order valence-corrected chi connectivity index (χ4v) is 3.93. The molecule has 0 bridgehead atoms. The van der Waals surface area contributed by atoms with Crippen LogP contribution in [0, 0.1) is 0 Å². The van der Waals surface area contributed by atoms with Gasteiger partial charge in [0.15, 0.2) is 0 Å². The van der Waals surface area contributed by atoms with Crippen molar-refractivity contribution in [1.29, 1.82) is 0 Å². The Hall–Kier alpha value is 0.130. The molecule has 1 aliphatic rings. The summed E-state index contributed by atoms with van der Waals surface area (Å²) >= 11 is 3.69. The summed E-state index contributed by atoms with van der Waals surface area (Å²) in [5.41, 5.74) is 0. The summed E-state index contributed by atoms with van der Waals surface area (Å²) in [5, 5.41) is 3.24. The predicted molar refractivity (Wildman–Crippen MR) is 65.1 cm³/mol. The molecule has 3 nitrogen and oxygen atoms in total. The maximum Gasteiger partial charge on any atom is 0.236 e. The molecule has 1 saturated heterocycles. The highest BCUT2D eigenvalue weighted by Crippen LogP contribution is 2.25. The predicted octanol–water partition coefficient (Wildman–Crippen LogP) is 0.513. The van der Waals surface area contributed by atoms with Crippen LogP contribution in [0.5, 0.6) is 0 Å². The minimum Gasteiger partial charge on any atom is -0.343 e. The third kappa shape index (κ3) is 3.71. The number of hydrogen-bond acceptors (Lipinski definition) is 4. The number of rotatable bonds is 4. The fraction of sp³-hybridized carbons (Fsp3) is 0.889. The molecular weight excluding hydrogens is 216 g/mol. The van der Waals surface area contributed by atoms with Gasteiger partial charge in [-0.05, 0) is 7.05 Å². The van der Waals surface area contributed by atoms with Crippen LogP contribution in [0.25, 0.3) is 0 Å². The van der Waals surface area contributed by atoms with E-state index in [1.54, 1.807) is 11.8 Å². The van der Waals surface area contributed by atoms with Crippen LogP contribution >= 0.6 is 23.5 Å². The minimum atomic E-state index is 0.190. The number of nitrogens with one attached hydrogen (secondary N) is 1. The van der Waals surface area contributed by atoms with Crippen LogP contribution in [0.1, 0.15) is 0 Å². The van der Waals surface area contributed by atoms with Crippen molar-refractivity contribution in [2.24, 2.45) is 0 Å². The second-order valence-corrected chi connectivity index (χ2v) is 5.76. The van der Waals surface area contributed by atoms with E-state index in [1.165, 1.54) is 5.75 Å². The number of nitrogens with zero attached hydrogens (tertiary/aromatic N) is 1. The maximum atomic E-state index is 11.9. The lowest BCUT2D eigenvalue weighted by molar-refractivity contribution is -0.128. The zero-order chi connectivity index (χ0) is 10.4. The van der Waals surface area contributed by atoms with E-state index in [0.717, 1.165) is 24.6 Å². The van der Waals surface area contributed by atoms with Crippen LogP contribution in [0.3, 0.4) is 0 Å². The van der Waals surface area contributed by atoms with E-state index >= 15 is 0 Å². The SMILES string of the molecule is CNCCN(C)C(=O)C1CSCCS1. The molecule has 0 aliphatic carbocycles. The standard InChI is InChI=1S/C9H18N2OS2/c1-10-3-4-11(2)9(12)8-7-13-5-6-14-8/h8,10H,3-7H2,1-2H3. The zero-order valence-electron chi connectivity index (χ0n) is 8.78. The Morgan fingerprint density at radius 2 is 2.36 bits per heavy atom. The van der Waals surface area contributed by atoms with E-state index < -0.39 is 0 Å². The van der Waals surface area contributed by atoms with Gasteiger partial charge in [-0.1, -0.05) is 0 Å². The zero-order valence-corrected chi connectivity index (χ0v) is 10.4. The summed E-state index contributed by atoms with van der Waals surface area (Å²) in [7, 11) is 3.79. The highest BCUT2D eigenvalue weighted by molar-refractivity contribution is 8.07. The van der Waals surface area contributed by atoms with Gasteiger partial charge in [0.1, 0.15) is 0 Å². The largest absolute Gasteiger partial charge is 0.343 e. The van der Waals surface area contributed by atoms with E-state index in [9.17, 15) is 4.79 Å². The van der Waals surface area contributed by atoms with Gasteiger partial charge >= 0.3 is 0 Å². The normalized spacial score (nSPS) is 22.0. The van der Waals surface area contributed by atoms with Gasteiger partial charge < -0.3 is 10.2 Å². The Kier molecular flexibility index (Phi) is 5.74. The summed E-state index contributed by atoms with van der Waals surface area (Å²) < 4.78 is 0. The molecule has 5 heteroatoms. The molecule has 1 unspecified atom stereocenters. The van der Waals surface area contributed by atoms with Crippen molar-refractivity contribution >= 4 is 29.4 Å². The topological polar surface area (TPSA) is 32.3 Å². The van der Waals surface area contributed by atoms with Crippen molar-refractivity contribution in [3.63, 3.8) is 0 Å². The highest BCUT2D eigenvalue weighted by atomic mass is 32.2. The summed E-state index contributed by atoms with van der Waals surface area (Å²) in [6, 6.07) is 0. The fourth-order valence-electron chi connectivity index (χ4n) is 1.27. The van der Waals surface area contributed by atoms with E-state index in [0.29, 0.717) is 0 Å². The van der Waals surface area contributed by atoms with Gasteiger partial charge in [-0.25, -0.2) is 0 Å². The molecule has 1 aliphatic heterocycles. The molecule has 1 atom stereocenters. The summed E-state index contributed by atoms with van der Waals surface area (Å²) in [6.07, 6.45) is 0. The first kappa shape index (κ1) is 12.2. The number of thioether (sulfide) groups is 2. The Labute approximate surface area is 94.4 Å². The number of likely N-dealkylation sites (N-methyl/N-ethyl adjacent to an activating group) is 2. The molecule has 14 heavy (non-hydrogen) atoms. The van der Waals surface area contributed by atoms with Crippen molar-refractivity contribution in [2.45, 2.75) is 5.25 Å². The number of hydrogen-bond donors (Lipinski definition) is 1. The van der Waals surface area contributed by atoms with Crippen LogP contribution in [-0.4, -0.2) is 60.5 Å². The molecule has 0 spiro atoms. The highest BCUT2D eigenvalue weighted by Gasteiger charge is 2.24. The second kappa shape index (κ2) is 6.58. The van der Waals surface area contributed by atoms with Crippen LogP contribution < -0.4 is 5.32 Å². The van der Waals surface area contributed by atoms with Crippen LogP contribution in [-0.2, 0) is 4.79 Å². The lowest BCUT2D eigenvalue weighted by atomic mass is 10.4. The Morgan fingerprint density at radius 1 is 1.57 bits per heavy atom. The molecule has 0 aromatic carbocycles. The van der Waals surface area contributed by atoms with Gasteiger partial charge in [0.05, 0.1) is 5.25 Å². The average molecular weight is 234 g/mol. The quantitative estimate of drug-likeness (QED) is 0.768. The molecule has 1 amide bonds. The third-order valence-corrected chi connectivity index (χ3v) is 4.91. The molecule has 0 aromatic heterocycles. The van der Waals surface area contributed by atoms with E-state index in [-0.39, 0.29) is 11.2 Å². The van der Waals surface area contributed by atoms with Gasteiger partial charge in [0.25, 0.3) is 0 Å². The first-order valence-corrected chi connectivity index (χ1v) is 7.05. The van der Waals surface area contributed by atoms with Crippen molar-refractivity contribution in [2.75, 3.05) is 44.4 Å². The molecule has 0 aromatic rings. The second-order valence-electron chi connectivity index (χ2n) is 3.30. The van der Waals surface area contributed by atoms with Gasteiger partial charge in [0, 0.05) is 37.4 Å². The summed E-state index contributed by atoms with van der Waals surface area (Å²) in [4.78, 5) is 13.7. The average Bonchev–Trinajstić information content (AvgIpc) is 2.26. The Bertz CT molecular complexity index is 184. The molecule has 82 valence electrons. The van der Waals surface area contributed by atoms with E-state index in [4.69, 9.17) is 0 Å². The molecule has 1 heterocycles. The monoisotopic (exact) mass is 234 g/mol. The van der Waals surface area contributed by atoms with Gasteiger partial charge in [-0.3, -0.25) is 4.79 Å². The number of carbonyl (C=O) groups excluding carboxylic acids is 1. The van der Waals surface area contributed by atoms with Crippen LogP contribution in [0.4, 0.5) is 0 Å². The molecule has 1 rings (SSSR count). The van der Waals surface area contributed by atoms with Crippen molar-refractivity contribution in [3.05, 3.63) is 0 Å². The Morgan fingerprint density at radius 3 is 2.93 bits per heavy atom. The maximum absolute atomic E-state index is 11.9. The molecule has 0 radical (unpaired) electrons. The third-order valence-electron chi connectivity index (χ3n) is 2.16. The summed E-state index contributed by atoms with van der Waals surface area (Å²) in [5.74, 6) is 3.57.